The molecule has 0 saturated carbocycles. The zero-order valence-corrected chi connectivity index (χ0v) is 44.2. The molecule has 8 heterocycles. The Hall–Kier alpha value is -8.30. The summed E-state index contributed by atoms with van der Waals surface area (Å²) < 4.78 is 7.81. The molecule has 5 aromatic rings. The van der Waals surface area contributed by atoms with E-state index in [1.54, 1.807) is 41.6 Å². The highest BCUT2D eigenvalue weighted by atomic mass is 16.5. The summed E-state index contributed by atoms with van der Waals surface area (Å²) in [6.07, 6.45) is 10.0. The van der Waals surface area contributed by atoms with Crippen molar-refractivity contribution in [3.63, 3.8) is 0 Å². The molecule has 4 N–H and O–H groups in total. The van der Waals surface area contributed by atoms with E-state index in [1.165, 1.54) is 24.4 Å². The number of aliphatic hydroxyl groups is 1. The summed E-state index contributed by atoms with van der Waals surface area (Å²) in [5.74, 6) is -2.04. The van der Waals surface area contributed by atoms with Crippen LogP contribution in [0.25, 0.3) is 17.3 Å². The maximum absolute atomic E-state index is 14.1. The average molecular weight is 1060 g/mol. The van der Waals surface area contributed by atoms with Crippen molar-refractivity contribution in [2.45, 2.75) is 104 Å². The zero-order chi connectivity index (χ0) is 54.7. The first-order valence-corrected chi connectivity index (χ1v) is 26.5. The third-order valence-electron chi connectivity index (χ3n) is 16.3. The summed E-state index contributed by atoms with van der Waals surface area (Å²) in [7, 11) is 1.49. The summed E-state index contributed by atoms with van der Waals surface area (Å²) in [5, 5.41) is 18.7. The molecular formula is C57H62N12O9. The Morgan fingerprint density at radius 1 is 0.897 bits per heavy atom. The van der Waals surface area contributed by atoms with Crippen LogP contribution in [-0.2, 0) is 45.2 Å². The second-order valence-corrected chi connectivity index (χ2v) is 21.8. The summed E-state index contributed by atoms with van der Waals surface area (Å²) in [4.78, 5) is 114. The number of nitrogens with zero attached hydrogens (tertiary/aromatic N) is 9. The van der Waals surface area contributed by atoms with E-state index >= 15 is 0 Å². The lowest BCUT2D eigenvalue weighted by molar-refractivity contribution is -0.136. The minimum Gasteiger partial charge on any atom is -0.478 e. The minimum absolute atomic E-state index is 0.0154. The van der Waals surface area contributed by atoms with Gasteiger partial charge >= 0.3 is 0 Å². The van der Waals surface area contributed by atoms with E-state index in [0.29, 0.717) is 83.4 Å². The Balaban J connectivity index is 0.797. The molecule has 3 saturated heterocycles. The quantitative estimate of drug-likeness (QED) is 0.0714. The number of imide groups is 3. The number of ether oxygens (including phenoxy) is 1. The molecule has 7 amide bonds. The summed E-state index contributed by atoms with van der Waals surface area (Å²) in [6, 6.07) is 14.0. The first-order valence-electron chi connectivity index (χ1n) is 26.5. The molecule has 404 valence electrons. The number of carbonyl (C=O) groups is 7. The largest absolute Gasteiger partial charge is 0.478 e. The van der Waals surface area contributed by atoms with Crippen LogP contribution in [0.1, 0.15) is 107 Å². The van der Waals surface area contributed by atoms with E-state index < -0.39 is 42.2 Å². The number of hydrogen-bond acceptors (Lipinski definition) is 16. The number of rotatable bonds is 13. The Bertz CT molecular complexity index is 3350. The molecule has 0 radical (unpaired) electrons. The highest BCUT2D eigenvalue weighted by Gasteiger charge is 2.47. The van der Waals surface area contributed by atoms with Gasteiger partial charge in [0.1, 0.15) is 17.6 Å². The van der Waals surface area contributed by atoms with Crippen molar-refractivity contribution < 1.29 is 43.4 Å². The van der Waals surface area contributed by atoms with Gasteiger partial charge in [0, 0.05) is 110 Å². The highest BCUT2D eigenvalue weighted by molar-refractivity contribution is 6.25. The molecule has 21 heteroatoms. The number of aliphatic hydroxyl groups excluding tert-OH is 1. The van der Waals surface area contributed by atoms with E-state index in [0.717, 1.165) is 49.4 Å². The van der Waals surface area contributed by atoms with Crippen LogP contribution < -0.4 is 35.4 Å². The van der Waals surface area contributed by atoms with Crippen molar-refractivity contribution in [2.24, 2.45) is 5.41 Å². The van der Waals surface area contributed by atoms with Crippen molar-refractivity contribution >= 4 is 76.6 Å². The first-order chi connectivity index (χ1) is 37.6. The SMILES string of the molecule is COc1ncc(-c2ccnc(N3CCn4c(cc5c4CC(C)(C)C5)C3=O)c2CO)nc1Nc1ccc(N2CCN(C3CCN(c4cccc5c4C(=O)N(C4CCC(=O)NC4=O)C5=O)[C@@H](C)C3)C[C@@H]2C)c(C=CC(=O)NC=O)c1. The van der Waals surface area contributed by atoms with Gasteiger partial charge in [0.2, 0.25) is 24.1 Å². The lowest BCUT2D eigenvalue weighted by Gasteiger charge is -2.48. The van der Waals surface area contributed by atoms with Gasteiger partial charge < -0.3 is 29.5 Å². The smallest absolute Gasteiger partial charge is 0.276 e. The van der Waals surface area contributed by atoms with Crippen molar-refractivity contribution in [3.8, 4) is 17.1 Å². The van der Waals surface area contributed by atoms with Gasteiger partial charge in [-0.3, -0.25) is 58.9 Å². The number of piperazine rings is 1. The molecule has 0 spiro atoms. The van der Waals surface area contributed by atoms with Crippen LogP contribution in [0.2, 0.25) is 0 Å². The standard InChI is InChI=1S/C57H62N12O9/c1-32-23-37(16-18-65(32)43-8-6-7-39-49(43)56(77)69(54(39)75)44-12-14-48(73)63-52(44)74)64-19-20-66(33(2)29-64)42-11-10-36(24-34(42)9-13-47(72)60-31-71)61-50-53(78-5)59-28-41(62-50)38-15-17-58-51(40(38)30-70)68-22-21-67-45(55(68)76)25-35-26-57(3,4)27-46(35)67/h6-11,13,15,17,24-25,28,31-33,37,44,70H,12,14,16,18-23,26-27,29-30H2,1-5H3,(H,61,62)(H,60,71,72)(H,63,73,74)/t32-,33-,37?,44?/m0/s1. The number of carbonyl (C=O) groups excluding carboxylic acids is 7. The Labute approximate surface area is 450 Å². The van der Waals surface area contributed by atoms with Crippen LogP contribution in [-0.4, -0.2) is 140 Å². The van der Waals surface area contributed by atoms with Crippen LogP contribution in [0.3, 0.4) is 0 Å². The van der Waals surface area contributed by atoms with Gasteiger partial charge in [-0.15, -0.1) is 0 Å². The van der Waals surface area contributed by atoms with Crippen LogP contribution in [0.15, 0.2) is 67.0 Å². The number of pyridine rings is 1. The summed E-state index contributed by atoms with van der Waals surface area (Å²) >= 11 is 0. The molecule has 6 aliphatic rings. The Morgan fingerprint density at radius 2 is 1.72 bits per heavy atom. The number of amides is 7. The van der Waals surface area contributed by atoms with Gasteiger partial charge in [0.25, 0.3) is 23.6 Å². The molecule has 0 bridgehead atoms. The van der Waals surface area contributed by atoms with Crippen LogP contribution >= 0.6 is 0 Å². The number of piperidine rings is 2. The number of aromatic nitrogens is 4. The predicted molar refractivity (Wildman–Crippen MR) is 289 cm³/mol. The second kappa shape index (κ2) is 20.6. The number of anilines is 5. The number of benzene rings is 2. The number of hydrogen-bond donors (Lipinski definition) is 4. The lowest BCUT2D eigenvalue weighted by atomic mass is 9.90. The van der Waals surface area contributed by atoms with Gasteiger partial charge in [-0.2, -0.15) is 0 Å². The molecule has 21 nitrogen and oxygen atoms in total. The van der Waals surface area contributed by atoms with Crippen LogP contribution in [0.4, 0.5) is 28.7 Å². The molecule has 3 aromatic heterocycles. The molecule has 4 atom stereocenters. The maximum atomic E-state index is 14.1. The van der Waals surface area contributed by atoms with Gasteiger partial charge in [0.05, 0.1) is 42.4 Å². The highest BCUT2D eigenvalue weighted by Crippen LogP contribution is 2.42. The summed E-state index contributed by atoms with van der Waals surface area (Å²) in [5.41, 5.74) is 7.94. The van der Waals surface area contributed by atoms with Gasteiger partial charge in [-0.05, 0) is 105 Å². The fraction of sp³-hybridized carbons (Fsp3) is 0.404. The number of methoxy groups -OCH3 is 1. The fourth-order valence-electron chi connectivity index (χ4n) is 12.6. The normalized spacial score (nSPS) is 22.2. The third kappa shape index (κ3) is 9.33. The third-order valence-corrected chi connectivity index (χ3v) is 16.3. The molecule has 2 unspecified atom stereocenters. The van der Waals surface area contributed by atoms with Crippen molar-refractivity contribution in [1.29, 1.82) is 0 Å². The van der Waals surface area contributed by atoms with E-state index in [9.17, 15) is 38.7 Å². The minimum atomic E-state index is -1.04. The Morgan fingerprint density at radius 3 is 2.47 bits per heavy atom. The Kier molecular flexibility index (Phi) is 13.7. The summed E-state index contributed by atoms with van der Waals surface area (Å²) in [6.45, 7) is 12.2. The van der Waals surface area contributed by atoms with E-state index in [2.05, 4.69) is 72.9 Å². The molecule has 11 rings (SSSR count). The van der Waals surface area contributed by atoms with Crippen LogP contribution in [0.5, 0.6) is 5.88 Å². The molecular weight excluding hydrogens is 997 g/mol. The number of nitrogens with one attached hydrogen (secondary N) is 3. The fourth-order valence-corrected chi connectivity index (χ4v) is 12.6. The topological polar surface area (TPSA) is 245 Å². The number of fused-ring (bicyclic) bond motifs is 4. The average Bonchev–Trinajstić information content (AvgIpc) is 4.24. The second-order valence-electron chi connectivity index (χ2n) is 21.8. The zero-order valence-electron chi connectivity index (χ0n) is 44.2. The van der Waals surface area contributed by atoms with E-state index in [4.69, 9.17) is 9.72 Å². The van der Waals surface area contributed by atoms with Crippen molar-refractivity contribution in [1.82, 2.24) is 40.0 Å². The monoisotopic (exact) mass is 1060 g/mol. The first kappa shape index (κ1) is 51.8. The molecule has 3 fully saturated rings. The molecule has 2 aromatic carbocycles. The van der Waals surface area contributed by atoms with Gasteiger partial charge in [-0.1, -0.05) is 19.9 Å². The van der Waals surface area contributed by atoms with Crippen molar-refractivity contribution in [2.75, 3.05) is 59.9 Å². The van der Waals surface area contributed by atoms with Gasteiger partial charge in [-0.25, -0.2) is 15.0 Å². The maximum Gasteiger partial charge on any atom is 0.276 e. The van der Waals surface area contributed by atoms with E-state index in [1.807, 2.05) is 30.3 Å². The molecule has 5 aliphatic heterocycles. The van der Waals surface area contributed by atoms with E-state index in [-0.39, 0.29) is 59.6 Å². The molecule has 78 heavy (non-hydrogen) atoms. The predicted octanol–water partition coefficient (Wildman–Crippen LogP) is 4.62. The van der Waals surface area contributed by atoms with Crippen molar-refractivity contribution in [3.05, 3.63) is 106 Å². The van der Waals surface area contributed by atoms with Gasteiger partial charge in [0.15, 0.2) is 5.82 Å². The van der Waals surface area contributed by atoms with Crippen LogP contribution in [0, 0.1) is 5.41 Å². The molecule has 1 aliphatic carbocycles. The lowest BCUT2D eigenvalue weighted by Crippen LogP contribution is -2.58.